The molecule has 0 amide bonds. The number of para-hydroxylation sites is 1. The van der Waals surface area contributed by atoms with E-state index in [0.717, 1.165) is 31.4 Å². The topological polar surface area (TPSA) is 41.5 Å². The predicted molar refractivity (Wildman–Crippen MR) is 80.0 cm³/mol. The molecule has 0 saturated heterocycles. The van der Waals surface area contributed by atoms with E-state index in [4.69, 9.17) is 4.74 Å². The fourth-order valence-electron chi connectivity index (χ4n) is 3.26. The molecule has 0 aromatic heterocycles. The smallest absolute Gasteiger partial charge is 0.122 e. The molecule has 1 aromatic carbocycles. The lowest BCUT2D eigenvalue weighted by atomic mass is 9.80. The van der Waals surface area contributed by atoms with Crippen LogP contribution in [0.3, 0.4) is 0 Å². The van der Waals surface area contributed by atoms with Crippen molar-refractivity contribution < 1.29 is 9.84 Å². The van der Waals surface area contributed by atoms with Gasteiger partial charge in [-0.2, -0.15) is 0 Å². The molecule has 20 heavy (non-hydrogen) atoms. The van der Waals surface area contributed by atoms with Crippen LogP contribution in [0.4, 0.5) is 0 Å². The lowest BCUT2D eigenvalue weighted by Gasteiger charge is -2.40. The molecular formula is C17H25NO2. The molecule has 0 bridgehead atoms. The quantitative estimate of drug-likeness (QED) is 0.868. The average Bonchev–Trinajstić information content (AvgIpc) is 3.26. The summed E-state index contributed by atoms with van der Waals surface area (Å²) in [7, 11) is 0. The van der Waals surface area contributed by atoms with Gasteiger partial charge in [0.25, 0.3) is 0 Å². The van der Waals surface area contributed by atoms with Gasteiger partial charge in [-0.25, -0.2) is 0 Å². The lowest BCUT2D eigenvalue weighted by Crippen LogP contribution is -2.54. The molecule has 1 aromatic rings. The highest BCUT2D eigenvalue weighted by Crippen LogP contribution is 2.34. The van der Waals surface area contributed by atoms with Gasteiger partial charge in [0.05, 0.1) is 6.61 Å². The first kappa shape index (κ1) is 13.9. The largest absolute Gasteiger partial charge is 0.490 e. The van der Waals surface area contributed by atoms with Crippen LogP contribution in [-0.2, 0) is 0 Å². The highest BCUT2D eigenvalue weighted by Gasteiger charge is 2.40. The number of aliphatic hydroxyl groups is 1. The zero-order chi connectivity index (χ0) is 14.0. The Morgan fingerprint density at radius 3 is 2.80 bits per heavy atom. The molecule has 2 N–H and O–H groups in total. The van der Waals surface area contributed by atoms with E-state index in [0.29, 0.717) is 6.04 Å². The maximum Gasteiger partial charge on any atom is 0.122 e. The van der Waals surface area contributed by atoms with Crippen molar-refractivity contribution in [3.05, 3.63) is 29.8 Å². The second kappa shape index (κ2) is 5.74. The van der Waals surface area contributed by atoms with Crippen LogP contribution in [0.15, 0.2) is 24.3 Å². The first-order valence-electron chi connectivity index (χ1n) is 7.82. The lowest BCUT2D eigenvalue weighted by molar-refractivity contribution is 0.0494. The van der Waals surface area contributed by atoms with Crippen LogP contribution >= 0.6 is 0 Å². The SMILES string of the molecule is Cc1ccccc1OC1CCCC(CO)(NC2CC2)C1. The summed E-state index contributed by atoms with van der Waals surface area (Å²) in [6.07, 6.45) is 6.90. The van der Waals surface area contributed by atoms with E-state index < -0.39 is 0 Å². The third-order valence-corrected chi connectivity index (χ3v) is 4.58. The van der Waals surface area contributed by atoms with Crippen LogP contribution in [0, 0.1) is 6.92 Å². The molecule has 0 aliphatic heterocycles. The molecule has 2 fully saturated rings. The molecular weight excluding hydrogens is 250 g/mol. The highest BCUT2D eigenvalue weighted by atomic mass is 16.5. The van der Waals surface area contributed by atoms with Crippen molar-refractivity contribution in [2.45, 2.75) is 63.1 Å². The van der Waals surface area contributed by atoms with E-state index in [-0.39, 0.29) is 18.2 Å². The minimum Gasteiger partial charge on any atom is -0.490 e. The molecule has 0 spiro atoms. The van der Waals surface area contributed by atoms with Crippen LogP contribution in [0.5, 0.6) is 5.75 Å². The van der Waals surface area contributed by atoms with Gasteiger partial charge < -0.3 is 15.2 Å². The van der Waals surface area contributed by atoms with Crippen molar-refractivity contribution in [1.82, 2.24) is 5.32 Å². The van der Waals surface area contributed by atoms with Crippen molar-refractivity contribution in [3.8, 4) is 5.75 Å². The zero-order valence-electron chi connectivity index (χ0n) is 12.3. The molecule has 3 heteroatoms. The monoisotopic (exact) mass is 275 g/mol. The van der Waals surface area contributed by atoms with Gasteiger partial charge in [-0.05, 0) is 50.7 Å². The Labute approximate surface area is 121 Å². The maximum atomic E-state index is 9.84. The molecule has 3 nitrogen and oxygen atoms in total. The number of aliphatic hydroxyl groups excluding tert-OH is 1. The standard InChI is InChI=1S/C17H25NO2/c1-13-5-2-3-7-16(13)20-15-6-4-10-17(11-15,12-19)18-14-8-9-14/h2-3,5,7,14-15,18-19H,4,6,8-12H2,1H3. The molecule has 2 aliphatic carbocycles. The van der Waals surface area contributed by atoms with Gasteiger partial charge in [0.2, 0.25) is 0 Å². The zero-order valence-corrected chi connectivity index (χ0v) is 12.3. The fraction of sp³-hybridized carbons (Fsp3) is 0.647. The molecule has 2 aliphatic rings. The minimum atomic E-state index is -0.118. The third kappa shape index (κ3) is 3.15. The Balaban J connectivity index is 1.66. The van der Waals surface area contributed by atoms with Gasteiger partial charge in [-0.15, -0.1) is 0 Å². The van der Waals surface area contributed by atoms with Gasteiger partial charge >= 0.3 is 0 Å². The second-order valence-electron chi connectivity index (χ2n) is 6.46. The Morgan fingerprint density at radius 1 is 1.30 bits per heavy atom. The Hall–Kier alpha value is -1.06. The molecule has 0 heterocycles. The van der Waals surface area contributed by atoms with Crippen molar-refractivity contribution in [2.24, 2.45) is 0 Å². The summed E-state index contributed by atoms with van der Waals surface area (Å²) < 4.78 is 6.19. The van der Waals surface area contributed by atoms with Crippen molar-refractivity contribution in [3.63, 3.8) is 0 Å². The Bertz CT molecular complexity index is 458. The predicted octanol–water partition coefficient (Wildman–Crippen LogP) is 2.80. The summed E-state index contributed by atoms with van der Waals surface area (Å²) in [6, 6.07) is 8.81. The molecule has 110 valence electrons. The highest BCUT2D eigenvalue weighted by molar-refractivity contribution is 5.32. The Morgan fingerprint density at radius 2 is 2.10 bits per heavy atom. The number of nitrogens with one attached hydrogen (secondary N) is 1. The van der Waals surface area contributed by atoms with Crippen LogP contribution in [0.1, 0.15) is 44.1 Å². The number of hydrogen-bond acceptors (Lipinski definition) is 3. The van der Waals surface area contributed by atoms with Crippen LogP contribution in [0.2, 0.25) is 0 Å². The third-order valence-electron chi connectivity index (χ3n) is 4.58. The Kier molecular flexibility index (Phi) is 3.99. The first-order chi connectivity index (χ1) is 9.71. The summed E-state index contributed by atoms with van der Waals surface area (Å²) in [5, 5.41) is 13.5. The summed E-state index contributed by atoms with van der Waals surface area (Å²) >= 11 is 0. The van der Waals surface area contributed by atoms with Gasteiger partial charge in [-0.3, -0.25) is 0 Å². The van der Waals surface area contributed by atoms with E-state index in [1.807, 2.05) is 18.2 Å². The van der Waals surface area contributed by atoms with E-state index in [1.54, 1.807) is 0 Å². The molecule has 2 saturated carbocycles. The van der Waals surface area contributed by atoms with E-state index in [1.165, 1.54) is 18.4 Å². The number of rotatable bonds is 5. The maximum absolute atomic E-state index is 9.84. The molecule has 0 radical (unpaired) electrons. The second-order valence-corrected chi connectivity index (χ2v) is 6.46. The summed E-state index contributed by atoms with van der Waals surface area (Å²) in [6.45, 7) is 2.30. The number of benzene rings is 1. The van der Waals surface area contributed by atoms with Gasteiger partial charge in [-0.1, -0.05) is 18.2 Å². The van der Waals surface area contributed by atoms with Crippen LogP contribution < -0.4 is 10.1 Å². The minimum absolute atomic E-state index is 0.118. The molecule has 2 unspecified atom stereocenters. The summed E-state index contributed by atoms with van der Waals surface area (Å²) in [5.74, 6) is 0.984. The average molecular weight is 275 g/mol. The van der Waals surface area contributed by atoms with Crippen LogP contribution in [0.25, 0.3) is 0 Å². The first-order valence-corrected chi connectivity index (χ1v) is 7.82. The summed E-state index contributed by atoms with van der Waals surface area (Å²) in [4.78, 5) is 0. The summed E-state index contributed by atoms with van der Waals surface area (Å²) in [5.41, 5.74) is 1.06. The van der Waals surface area contributed by atoms with Crippen LogP contribution in [-0.4, -0.2) is 29.4 Å². The van der Waals surface area contributed by atoms with Crippen molar-refractivity contribution in [1.29, 1.82) is 0 Å². The molecule has 3 rings (SSSR count). The van der Waals surface area contributed by atoms with E-state index in [9.17, 15) is 5.11 Å². The van der Waals surface area contributed by atoms with Crippen molar-refractivity contribution >= 4 is 0 Å². The van der Waals surface area contributed by atoms with E-state index >= 15 is 0 Å². The van der Waals surface area contributed by atoms with E-state index in [2.05, 4.69) is 18.3 Å². The number of hydrogen-bond donors (Lipinski definition) is 2. The van der Waals surface area contributed by atoms with Crippen molar-refractivity contribution in [2.75, 3.05) is 6.61 Å². The number of ether oxygens (including phenoxy) is 1. The number of aryl methyl sites for hydroxylation is 1. The van der Waals surface area contributed by atoms with Gasteiger partial charge in [0.15, 0.2) is 0 Å². The van der Waals surface area contributed by atoms with Gasteiger partial charge in [0.1, 0.15) is 11.9 Å². The fourth-order valence-corrected chi connectivity index (χ4v) is 3.26. The normalized spacial score (nSPS) is 30.2. The molecule has 2 atom stereocenters. The van der Waals surface area contributed by atoms with Gasteiger partial charge in [0, 0.05) is 18.0 Å².